The first-order valence-electron chi connectivity index (χ1n) is 9.11. The van der Waals surface area contributed by atoms with Crippen LogP contribution in [0.3, 0.4) is 0 Å². The number of methoxy groups -OCH3 is 1. The summed E-state index contributed by atoms with van der Waals surface area (Å²) in [5.74, 6) is 2.76. The summed E-state index contributed by atoms with van der Waals surface area (Å²) in [4.78, 5) is 12.2. The highest BCUT2D eigenvalue weighted by molar-refractivity contribution is 5.63. The summed E-state index contributed by atoms with van der Waals surface area (Å²) < 4.78 is 12.9. The monoisotopic (exact) mass is 398 g/mol. The number of rotatable bonds is 6. The summed E-state index contributed by atoms with van der Waals surface area (Å²) in [6.07, 6.45) is 1.65. The molecule has 0 fully saturated rings. The van der Waals surface area contributed by atoms with Gasteiger partial charge in [0, 0.05) is 30.1 Å². The predicted molar refractivity (Wildman–Crippen MR) is 113 cm³/mol. The number of ether oxygens (including phenoxy) is 2. The molecule has 30 heavy (non-hydrogen) atoms. The highest BCUT2D eigenvalue weighted by Crippen LogP contribution is 2.28. The van der Waals surface area contributed by atoms with Crippen LogP contribution in [0.1, 0.15) is 5.69 Å². The first-order chi connectivity index (χ1) is 14.6. The molecule has 3 heterocycles. The molecule has 0 spiro atoms. The molecule has 4 aromatic rings. The van der Waals surface area contributed by atoms with Crippen molar-refractivity contribution in [1.82, 2.24) is 19.7 Å². The molecular weight excluding hydrogens is 380 g/mol. The average molecular weight is 398 g/mol. The Morgan fingerprint density at radius 3 is 2.77 bits per heavy atom. The summed E-state index contributed by atoms with van der Waals surface area (Å²) in [6.45, 7) is 9.02. The van der Waals surface area contributed by atoms with Gasteiger partial charge in [0.2, 0.25) is 11.8 Å². The molecule has 0 saturated carbocycles. The number of hydrogen-bond donors (Lipinski definition) is 1. The van der Waals surface area contributed by atoms with Crippen molar-refractivity contribution in [3.05, 3.63) is 84.0 Å². The Labute approximate surface area is 173 Å². The van der Waals surface area contributed by atoms with Crippen LogP contribution in [0.5, 0.6) is 17.5 Å². The molecule has 0 amide bonds. The van der Waals surface area contributed by atoms with E-state index in [1.165, 1.54) is 0 Å². The number of benzene rings is 1. The second-order valence-electron chi connectivity index (χ2n) is 6.34. The Kier molecular flexibility index (Phi) is 5.26. The lowest BCUT2D eigenvalue weighted by molar-refractivity contribution is 0.395. The van der Waals surface area contributed by atoms with Crippen molar-refractivity contribution in [3.8, 4) is 23.3 Å². The van der Waals surface area contributed by atoms with Gasteiger partial charge in [-0.05, 0) is 31.2 Å². The molecule has 0 atom stereocenters. The van der Waals surface area contributed by atoms with Crippen LogP contribution in [-0.2, 0) is 0 Å². The Bertz CT molecular complexity index is 1230. The van der Waals surface area contributed by atoms with Crippen LogP contribution in [-0.4, -0.2) is 26.9 Å². The topological polar surface area (TPSA) is 78.5 Å². The molecule has 0 bridgehead atoms. The van der Waals surface area contributed by atoms with Crippen molar-refractivity contribution >= 4 is 17.2 Å². The number of hydrogen-bond acceptors (Lipinski definition) is 6. The summed E-state index contributed by atoms with van der Waals surface area (Å²) in [7, 11) is 1.57. The fraction of sp³-hybridized carbons (Fsp3) is 0.0909. The molecule has 0 aliphatic heterocycles. The fourth-order valence-corrected chi connectivity index (χ4v) is 2.81. The number of aromatic nitrogens is 4. The zero-order chi connectivity index (χ0) is 20.9. The van der Waals surface area contributed by atoms with Crippen LogP contribution in [0, 0.1) is 13.5 Å². The van der Waals surface area contributed by atoms with E-state index in [2.05, 4.69) is 25.2 Å². The molecule has 148 valence electrons. The molecule has 0 radical (unpaired) electrons. The zero-order valence-corrected chi connectivity index (χ0v) is 16.4. The summed E-state index contributed by atoms with van der Waals surface area (Å²) in [5, 5.41) is 7.66. The molecule has 3 aromatic heterocycles. The Morgan fingerprint density at radius 2 is 1.93 bits per heavy atom. The zero-order valence-electron chi connectivity index (χ0n) is 16.4. The second-order valence-corrected chi connectivity index (χ2v) is 6.34. The highest BCUT2D eigenvalue weighted by atomic mass is 16.5. The van der Waals surface area contributed by atoms with Crippen molar-refractivity contribution in [2.75, 3.05) is 12.4 Å². The SMILES string of the molecule is [C-]#[N+]c1cccc(Nc2cc(Oc3cc(C)nn3-c3cccc(OC)n3)ccn2)c1. The molecule has 4 rings (SSSR count). The largest absolute Gasteiger partial charge is 0.481 e. The van der Waals surface area contributed by atoms with Gasteiger partial charge in [0.25, 0.3) is 0 Å². The lowest BCUT2D eigenvalue weighted by Gasteiger charge is -2.11. The van der Waals surface area contributed by atoms with Crippen molar-refractivity contribution in [3.63, 3.8) is 0 Å². The van der Waals surface area contributed by atoms with Gasteiger partial charge in [0.1, 0.15) is 11.6 Å². The summed E-state index contributed by atoms with van der Waals surface area (Å²) in [6, 6.07) is 18.0. The number of nitrogens with one attached hydrogen (secondary N) is 1. The maximum Gasteiger partial charge on any atom is 0.224 e. The van der Waals surface area contributed by atoms with E-state index in [1.807, 2.05) is 37.3 Å². The molecule has 0 aliphatic rings. The lowest BCUT2D eigenvalue weighted by Crippen LogP contribution is -2.03. The van der Waals surface area contributed by atoms with Crippen LogP contribution in [0.4, 0.5) is 17.2 Å². The van der Waals surface area contributed by atoms with Gasteiger partial charge in [-0.25, -0.2) is 9.83 Å². The van der Waals surface area contributed by atoms with E-state index in [9.17, 15) is 0 Å². The van der Waals surface area contributed by atoms with Gasteiger partial charge >= 0.3 is 0 Å². The first kappa shape index (κ1) is 19.0. The quantitative estimate of drug-likeness (QED) is 0.457. The van der Waals surface area contributed by atoms with E-state index in [0.29, 0.717) is 34.8 Å². The van der Waals surface area contributed by atoms with E-state index in [0.717, 1.165) is 11.4 Å². The van der Waals surface area contributed by atoms with Crippen LogP contribution in [0.25, 0.3) is 10.7 Å². The maximum absolute atomic E-state index is 7.14. The highest BCUT2D eigenvalue weighted by Gasteiger charge is 2.12. The Morgan fingerprint density at radius 1 is 1.07 bits per heavy atom. The normalized spacial score (nSPS) is 10.3. The molecule has 0 saturated heterocycles. The molecular formula is C22H18N6O2. The molecule has 8 heteroatoms. The minimum absolute atomic E-state index is 0.489. The minimum atomic E-state index is 0.489. The lowest BCUT2D eigenvalue weighted by atomic mass is 10.3. The van der Waals surface area contributed by atoms with Crippen molar-refractivity contribution in [2.24, 2.45) is 0 Å². The van der Waals surface area contributed by atoms with E-state index >= 15 is 0 Å². The first-order valence-corrected chi connectivity index (χ1v) is 9.11. The number of aryl methyl sites for hydroxylation is 1. The minimum Gasteiger partial charge on any atom is -0.481 e. The van der Waals surface area contributed by atoms with Gasteiger partial charge < -0.3 is 14.8 Å². The number of pyridine rings is 2. The molecule has 8 nitrogen and oxygen atoms in total. The second kappa shape index (κ2) is 8.32. The van der Waals surface area contributed by atoms with Crippen LogP contribution in [0.2, 0.25) is 0 Å². The standard InChI is InChI=1S/C22H18N6O2/c1-15-12-22(28(27-15)20-8-5-9-21(26-20)29-3)30-18-10-11-24-19(14-18)25-17-7-4-6-16(13-17)23-2/h4-14H,1,3H3,(H,24,25). The van der Waals surface area contributed by atoms with E-state index < -0.39 is 0 Å². The fourth-order valence-electron chi connectivity index (χ4n) is 2.81. The summed E-state index contributed by atoms with van der Waals surface area (Å²) in [5.41, 5.74) is 2.12. The van der Waals surface area contributed by atoms with Gasteiger partial charge in [0.05, 0.1) is 19.4 Å². The van der Waals surface area contributed by atoms with Crippen molar-refractivity contribution < 1.29 is 9.47 Å². The van der Waals surface area contributed by atoms with Gasteiger partial charge in [-0.1, -0.05) is 18.2 Å². The third-order valence-electron chi connectivity index (χ3n) is 4.14. The Balaban J connectivity index is 1.59. The van der Waals surface area contributed by atoms with Crippen molar-refractivity contribution in [1.29, 1.82) is 0 Å². The molecule has 0 aliphatic carbocycles. The Hall–Kier alpha value is -4.38. The number of anilines is 2. The van der Waals surface area contributed by atoms with Gasteiger partial charge in [-0.3, -0.25) is 0 Å². The third-order valence-corrected chi connectivity index (χ3v) is 4.14. The predicted octanol–water partition coefficient (Wildman–Crippen LogP) is 5.07. The molecule has 1 N–H and O–H groups in total. The van der Waals surface area contributed by atoms with Crippen LogP contribution < -0.4 is 14.8 Å². The van der Waals surface area contributed by atoms with E-state index in [1.54, 1.807) is 48.3 Å². The molecule has 0 unspecified atom stereocenters. The number of nitrogens with zero attached hydrogens (tertiary/aromatic N) is 5. The van der Waals surface area contributed by atoms with Gasteiger partial charge in [-0.15, -0.1) is 0 Å². The summed E-state index contributed by atoms with van der Waals surface area (Å²) >= 11 is 0. The smallest absolute Gasteiger partial charge is 0.224 e. The van der Waals surface area contributed by atoms with Crippen molar-refractivity contribution in [2.45, 2.75) is 6.92 Å². The van der Waals surface area contributed by atoms with E-state index in [-0.39, 0.29) is 0 Å². The average Bonchev–Trinajstić information content (AvgIpc) is 3.14. The van der Waals surface area contributed by atoms with E-state index in [4.69, 9.17) is 16.0 Å². The maximum atomic E-state index is 7.14. The van der Waals surface area contributed by atoms with Crippen LogP contribution in [0.15, 0.2) is 66.9 Å². The third kappa shape index (κ3) is 4.20. The van der Waals surface area contributed by atoms with Gasteiger partial charge in [0.15, 0.2) is 11.5 Å². The van der Waals surface area contributed by atoms with Crippen LogP contribution >= 0.6 is 0 Å². The molecule has 1 aromatic carbocycles. The van der Waals surface area contributed by atoms with Gasteiger partial charge in [-0.2, -0.15) is 14.8 Å².